The number of carbonyl (C=O) groups excluding carboxylic acids is 1. The number of amides is 1. The second kappa shape index (κ2) is 11.3. The van der Waals surface area contributed by atoms with Crippen molar-refractivity contribution in [2.45, 2.75) is 24.8 Å². The quantitative estimate of drug-likeness (QED) is 0.253. The molecule has 3 aromatic carbocycles. The van der Waals surface area contributed by atoms with Gasteiger partial charge in [0.25, 0.3) is 11.5 Å². The molecule has 8 heteroatoms. The van der Waals surface area contributed by atoms with Crippen LogP contribution in [0.3, 0.4) is 0 Å². The summed E-state index contributed by atoms with van der Waals surface area (Å²) in [7, 11) is 3.22. The molecule has 0 aliphatic heterocycles. The largest absolute Gasteiger partial charge is 0.497 e. The third kappa shape index (κ3) is 5.71. The normalized spacial score (nSPS) is 11.0. The van der Waals surface area contributed by atoms with E-state index in [2.05, 4.69) is 5.32 Å². The molecule has 1 aromatic heterocycles. The molecule has 7 nitrogen and oxygen atoms in total. The Morgan fingerprint density at radius 2 is 1.72 bits per heavy atom. The van der Waals surface area contributed by atoms with E-state index in [-0.39, 0.29) is 11.5 Å². The standard InChI is InChI=1S/C28H29N3O4S/c1-18(2)16-29-26(32)20-11-12-24-25(14-20)30-28(36-17-19-7-5-9-22(13-19)34-3)31(27(24)33)21-8-6-10-23(15-21)35-4/h5-15,18H,16-17H2,1-4H3,(H,29,32). The van der Waals surface area contributed by atoms with Gasteiger partial charge in [0.05, 0.1) is 30.8 Å². The van der Waals surface area contributed by atoms with Crippen LogP contribution >= 0.6 is 11.8 Å². The molecule has 1 heterocycles. The Bertz CT molecular complexity index is 1450. The van der Waals surface area contributed by atoms with Gasteiger partial charge in [-0.05, 0) is 53.9 Å². The zero-order chi connectivity index (χ0) is 25.7. The van der Waals surface area contributed by atoms with E-state index >= 15 is 0 Å². The summed E-state index contributed by atoms with van der Waals surface area (Å²) in [4.78, 5) is 31.2. The monoisotopic (exact) mass is 503 g/mol. The fourth-order valence-electron chi connectivity index (χ4n) is 3.69. The van der Waals surface area contributed by atoms with Crippen LogP contribution in [0.5, 0.6) is 11.5 Å². The van der Waals surface area contributed by atoms with Gasteiger partial charge in [-0.15, -0.1) is 0 Å². The first-order chi connectivity index (χ1) is 17.4. The Morgan fingerprint density at radius 1 is 1.00 bits per heavy atom. The second-order valence-corrected chi connectivity index (χ2v) is 9.65. The van der Waals surface area contributed by atoms with E-state index in [0.717, 1.165) is 11.3 Å². The Kier molecular flexibility index (Phi) is 7.95. The smallest absolute Gasteiger partial charge is 0.266 e. The van der Waals surface area contributed by atoms with Gasteiger partial charge in [-0.1, -0.05) is 43.8 Å². The number of hydrogen-bond acceptors (Lipinski definition) is 6. The van der Waals surface area contributed by atoms with Crippen LogP contribution in [0.1, 0.15) is 29.8 Å². The van der Waals surface area contributed by atoms with E-state index in [1.165, 1.54) is 11.8 Å². The lowest BCUT2D eigenvalue weighted by atomic mass is 10.1. The number of nitrogens with one attached hydrogen (secondary N) is 1. The highest BCUT2D eigenvalue weighted by Gasteiger charge is 2.16. The summed E-state index contributed by atoms with van der Waals surface area (Å²) >= 11 is 1.44. The van der Waals surface area contributed by atoms with Gasteiger partial charge < -0.3 is 14.8 Å². The number of rotatable bonds is 9. The molecule has 36 heavy (non-hydrogen) atoms. The van der Waals surface area contributed by atoms with Gasteiger partial charge in [0.1, 0.15) is 11.5 Å². The number of carbonyl (C=O) groups is 1. The lowest BCUT2D eigenvalue weighted by Crippen LogP contribution is -2.27. The SMILES string of the molecule is COc1cccc(CSc2nc3cc(C(=O)NCC(C)C)ccc3c(=O)n2-c2cccc(OC)c2)c1. The first-order valence-electron chi connectivity index (χ1n) is 11.6. The Labute approximate surface area is 214 Å². The van der Waals surface area contributed by atoms with Gasteiger partial charge in [0.15, 0.2) is 5.16 Å². The van der Waals surface area contributed by atoms with E-state index in [1.54, 1.807) is 43.1 Å². The molecule has 186 valence electrons. The summed E-state index contributed by atoms with van der Waals surface area (Å²) in [5, 5.41) is 3.87. The van der Waals surface area contributed by atoms with Gasteiger partial charge in [-0.3, -0.25) is 14.2 Å². The molecule has 0 saturated carbocycles. The van der Waals surface area contributed by atoms with Crippen LogP contribution in [-0.4, -0.2) is 36.2 Å². The van der Waals surface area contributed by atoms with Gasteiger partial charge in [0.2, 0.25) is 0 Å². The van der Waals surface area contributed by atoms with E-state index in [9.17, 15) is 9.59 Å². The molecule has 0 radical (unpaired) electrons. The van der Waals surface area contributed by atoms with Gasteiger partial charge in [-0.25, -0.2) is 4.98 Å². The van der Waals surface area contributed by atoms with E-state index in [4.69, 9.17) is 14.5 Å². The van der Waals surface area contributed by atoms with Crippen LogP contribution in [0.4, 0.5) is 0 Å². The van der Waals surface area contributed by atoms with Gasteiger partial charge >= 0.3 is 0 Å². The number of thioether (sulfide) groups is 1. The van der Waals surface area contributed by atoms with Crippen molar-refractivity contribution in [3.8, 4) is 17.2 Å². The number of fused-ring (bicyclic) bond motifs is 1. The Hall–Kier alpha value is -3.78. The van der Waals surface area contributed by atoms with Crippen LogP contribution in [0.15, 0.2) is 76.7 Å². The Morgan fingerprint density at radius 3 is 2.44 bits per heavy atom. The van der Waals surface area contributed by atoms with E-state index in [0.29, 0.717) is 51.3 Å². The maximum absolute atomic E-state index is 13.7. The average molecular weight is 504 g/mol. The van der Waals surface area contributed by atoms with Crippen LogP contribution in [0, 0.1) is 5.92 Å². The third-order valence-electron chi connectivity index (χ3n) is 5.59. The number of benzene rings is 3. The van der Waals surface area contributed by atoms with Crippen LogP contribution < -0.4 is 20.3 Å². The molecule has 0 bridgehead atoms. The zero-order valence-electron chi connectivity index (χ0n) is 20.8. The number of methoxy groups -OCH3 is 2. The highest BCUT2D eigenvalue weighted by atomic mass is 32.2. The first kappa shape index (κ1) is 25.3. The summed E-state index contributed by atoms with van der Waals surface area (Å²) in [6.45, 7) is 4.65. The number of aromatic nitrogens is 2. The molecule has 4 aromatic rings. The van der Waals surface area contributed by atoms with Crippen molar-refractivity contribution in [1.82, 2.24) is 14.9 Å². The molecule has 4 rings (SSSR count). The number of hydrogen-bond donors (Lipinski definition) is 1. The lowest BCUT2D eigenvalue weighted by Gasteiger charge is -2.15. The minimum Gasteiger partial charge on any atom is -0.497 e. The first-order valence-corrected chi connectivity index (χ1v) is 12.6. The lowest BCUT2D eigenvalue weighted by molar-refractivity contribution is 0.0949. The minimum atomic E-state index is -0.212. The van der Waals surface area contributed by atoms with Crippen LogP contribution in [0.25, 0.3) is 16.6 Å². The number of ether oxygens (including phenoxy) is 2. The molecule has 0 fully saturated rings. The highest BCUT2D eigenvalue weighted by Crippen LogP contribution is 2.27. The van der Waals surface area contributed by atoms with Gasteiger partial charge in [-0.2, -0.15) is 0 Å². The fourth-order valence-corrected chi connectivity index (χ4v) is 4.65. The summed E-state index contributed by atoms with van der Waals surface area (Å²) in [6.07, 6.45) is 0. The topological polar surface area (TPSA) is 82.5 Å². The van der Waals surface area contributed by atoms with Crippen molar-refractivity contribution < 1.29 is 14.3 Å². The molecule has 0 atom stereocenters. The molecule has 0 spiro atoms. The number of nitrogens with zero attached hydrogens (tertiary/aromatic N) is 2. The fraction of sp³-hybridized carbons (Fsp3) is 0.250. The summed E-state index contributed by atoms with van der Waals surface area (Å²) < 4.78 is 12.3. The van der Waals surface area contributed by atoms with Crippen molar-refractivity contribution in [1.29, 1.82) is 0 Å². The van der Waals surface area contributed by atoms with Crippen molar-refractivity contribution in [3.05, 3.63) is 88.2 Å². The predicted molar refractivity (Wildman–Crippen MR) is 144 cm³/mol. The third-order valence-corrected chi connectivity index (χ3v) is 6.60. The van der Waals surface area contributed by atoms with Crippen molar-refractivity contribution in [3.63, 3.8) is 0 Å². The molecular weight excluding hydrogens is 474 g/mol. The maximum atomic E-state index is 13.7. The maximum Gasteiger partial charge on any atom is 0.266 e. The second-order valence-electron chi connectivity index (χ2n) is 8.71. The zero-order valence-corrected chi connectivity index (χ0v) is 21.6. The molecule has 0 aliphatic rings. The van der Waals surface area contributed by atoms with E-state index in [1.807, 2.05) is 56.3 Å². The van der Waals surface area contributed by atoms with E-state index < -0.39 is 0 Å². The molecule has 0 aliphatic carbocycles. The minimum absolute atomic E-state index is 0.185. The van der Waals surface area contributed by atoms with Gasteiger partial charge in [0, 0.05) is 23.9 Å². The predicted octanol–water partition coefficient (Wildman–Crippen LogP) is 5.08. The van der Waals surface area contributed by atoms with Crippen LogP contribution in [0.2, 0.25) is 0 Å². The Balaban J connectivity index is 1.80. The molecule has 1 amide bonds. The highest BCUT2D eigenvalue weighted by molar-refractivity contribution is 7.98. The van der Waals surface area contributed by atoms with Crippen molar-refractivity contribution in [2.75, 3.05) is 20.8 Å². The summed E-state index contributed by atoms with van der Waals surface area (Å²) in [5.74, 6) is 2.13. The summed E-state index contributed by atoms with van der Waals surface area (Å²) in [5.41, 5.74) is 2.42. The summed E-state index contributed by atoms with van der Waals surface area (Å²) in [6, 6.07) is 20.1. The van der Waals surface area contributed by atoms with Crippen LogP contribution in [-0.2, 0) is 5.75 Å². The average Bonchev–Trinajstić information content (AvgIpc) is 2.90. The molecule has 1 N–H and O–H groups in total. The molecule has 0 unspecified atom stereocenters. The van der Waals surface area contributed by atoms with Crippen molar-refractivity contribution >= 4 is 28.6 Å². The van der Waals surface area contributed by atoms with Crippen molar-refractivity contribution in [2.24, 2.45) is 5.92 Å². The molecular formula is C28H29N3O4S. The molecule has 0 saturated heterocycles.